The maximum Gasteiger partial charge on any atom is 0.282 e. The SMILES string of the molecule is COc1ccc(N2C(=O)/C(=C\c3ccc(Br)cc3)N=C2c2ccccc2Br)cc1. The minimum atomic E-state index is -0.177. The zero-order valence-corrected chi connectivity index (χ0v) is 18.6. The third-order valence-electron chi connectivity index (χ3n) is 4.48. The second-order valence-electron chi connectivity index (χ2n) is 6.33. The van der Waals surface area contributed by atoms with Crippen molar-refractivity contribution in [3.63, 3.8) is 0 Å². The number of carbonyl (C=O) groups excluding carboxylic acids is 1. The number of amides is 1. The molecule has 3 aromatic rings. The maximum absolute atomic E-state index is 13.3. The standard InChI is InChI=1S/C23H16Br2N2O2/c1-29-18-12-10-17(11-13-18)27-22(19-4-2-3-5-20(19)25)26-21(23(27)28)14-15-6-8-16(24)9-7-15/h2-14H,1H3/b21-14+. The van der Waals surface area contributed by atoms with E-state index in [-0.39, 0.29) is 5.91 Å². The molecule has 0 atom stereocenters. The van der Waals surface area contributed by atoms with Gasteiger partial charge in [0, 0.05) is 14.5 Å². The molecule has 6 heteroatoms. The predicted octanol–water partition coefficient (Wildman–Crippen LogP) is 6.05. The molecule has 0 aromatic heterocycles. The maximum atomic E-state index is 13.3. The van der Waals surface area contributed by atoms with Gasteiger partial charge in [0.2, 0.25) is 0 Å². The molecule has 144 valence electrons. The molecule has 0 bridgehead atoms. The number of carbonyl (C=O) groups is 1. The van der Waals surface area contributed by atoms with Crippen LogP contribution in [0, 0.1) is 0 Å². The van der Waals surface area contributed by atoms with Crippen LogP contribution in [0.3, 0.4) is 0 Å². The molecule has 0 spiro atoms. The summed E-state index contributed by atoms with van der Waals surface area (Å²) in [6, 6.07) is 22.8. The second-order valence-corrected chi connectivity index (χ2v) is 8.10. The van der Waals surface area contributed by atoms with Crippen LogP contribution in [0.1, 0.15) is 11.1 Å². The van der Waals surface area contributed by atoms with E-state index in [0.29, 0.717) is 11.5 Å². The quantitative estimate of drug-likeness (QED) is 0.400. The number of hydrogen-bond acceptors (Lipinski definition) is 3. The Morgan fingerprint density at radius 2 is 1.62 bits per heavy atom. The average Bonchev–Trinajstić information content (AvgIpc) is 3.06. The fourth-order valence-corrected chi connectivity index (χ4v) is 3.75. The topological polar surface area (TPSA) is 41.9 Å². The third-order valence-corrected chi connectivity index (χ3v) is 5.70. The summed E-state index contributed by atoms with van der Waals surface area (Å²) in [6.45, 7) is 0. The highest BCUT2D eigenvalue weighted by molar-refractivity contribution is 9.10. The lowest BCUT2D eigenvalue weighted by molar-refractivity contribution is -0.113. The lowest BCUT2D eigenvalue weighted by atomic mass is 10.1. The van der Waals surface area contributed by atoms with Crippen molar-refractivity contribution in [3.8, 4) is 5.75 Å². The van der Waals surface area contributed by atoms with Crippen LogP contribution in [0.4, 0.5) is 5.69 Å². The number of rotatable bonds is 4. The number of amidine groups is 1. The molecule has 1 amide bonds. The Morgan fingerprint density at radius 3 is 2.28 bits per heavy atom. The molecule has 29 heavy (non-hydrogen) atoms. The summed E-state index contributed by atoms with van der Waals surface area (Å²) in [5, 5.41) is 0. The molecular weight excluding hydrogens is 496 g/mol. The summed E-state index contributed by atoms with van der Waals surface area (Å²) >= 11 is 7.01. The van der Waals surface area contributed by atoms with Crippen LogP contribution in [0.5, 0.6) is 5.75 Å². The van der Waals surface area contributed by atoms with Gasteiger partial charge >= 0.3 is 0 Å². The molecule has 0 saturated heterocycles. The largest absolute Gasteiger partial charge is 0.497 e. The van der Waals surface area contributed by atoms with Crippen molar-refractivity contribution < 1.29 is 9.53 Å². The summed E-state index contributed by atoms with van der Waals surface area (Å²) in [7, 11) is 1.61. The zero-order valence-electron chi connectivity index (χ0n) is 15.5. The molecule has 0 saturated carbocycles. The van der Waals surface area contributed by atoms with Crippen molar-refractivity contribution in [2.75, 3.05) is 12.0 Å². The molecule has 0 fully saturated rings. The second kappa shape index (κ2) is 8.35. The monoisotopic (exact) mass is 510 g/mol. The first kappa shape index (κ1) is 19.6. The van der Waals surface area contributed by atoms with E-state index < -0.39 is 0 Å². The highest BCUT2D eigenvalue weighted by Gasteiger charge is 2.33. The fourth-order valence-electron chi connectivity index (χ4n) is 3.03. The molecule has 0 N–H and O–H groups in total. The van der Waals surface area contributed by atoms with Crippen molar-refractivity contribution in [3.05, 3.63) is 98.6 Å². The Kier molecular flexibility index (Phi) is 5.65. The molecule has 0 unspecified atom stereocenters. The van der Waals surface area contributed by atoms with Crippen LogP contribution in [0.25, 0.3) is 6.08 Å². The lowest BCUT2D eigenvalue weighted by Crippen LogP contribution is -2.32. The lowest BCUT2D eigenvalue weighted by Gasteiger charge is -2.19. The Labute approximate surface area is 185 Å². The molecule has 0 aliphatic carbocycles. The number of methoxy groups -OCH3 is 1. The highest BCUT2D eigenvalue weighted by atomic mass is 79.9. The fraction of sp³-hybridized carbons (Fsp3) is 0.0435. The van der Waals surface area contributed by atoms with Crippen LogP contribution in [-0.4, -0.2) is 18.9 Å². The first-order chi connectivity index (χ1) is 14.1. The normalized spacial score (nSPS) is 15.0. The summed E-state index contributed by atoms with van der Waals surface area (Å²) in [4.78, 5) is 19.6. The molecule has 3 aromatic carbocycles. The Morgan fingerprint density at radius 1 is 0.931 bits per heavy atom. The minimum absolute atomic E-state index is 0.177. The molecular formula is C23H16Br2N2O2. The highest BCUT2D eigenvalue weighted by Crippen LogP contribution is 2.31. The van der Waals surface area contributed by atoms with E-state index >= 15 is 0 Å². The molecule has 0 radical (unpaired) electrons. The minimum Gasteiger partial charge on any atom is -0.497 e. The van der Waals surface area contributed by atoms with Crippen molar-refractivity contribution in [1.29, 1.82) is 0 Å². The summed E-state index contributed by atoms with van der Waals surface area (Å²) < 4.78 is 7.09. The molecule has 4 rings (SSSR count). The zero-order chi connectivity index (χ0) is 20.4. The number of ether oxygens (including phenoxy) is 1. The van der Waals surface area contributed by atoms with Gasteiger partial charge < -0.3 is 4.74 Å². The predicted molar refractivity (Wildman–Crippen MR) is 123 cm³/mol. The Balaban J connectivity index is 1.82. The summed E-state index contributed by atoms with van der Waals surface area (Å²) in [6.07, 6.45) is 1.80. The van der Waals surface area contributed by atoms with Gasteiger partial charge in [-0.15, -0.1) is 0 Å². The van der Waals surface area contributed by atoms with Crippen molar-refractivity contribution >= 4 is 55.4 Å². The van der Waals surface area contributed by atoms with E-state index in [1.165, 1.54) is 0 Å². The number of anilines is 1. The summed E-state index contributed by atoms with van der Waals surface area (Å²) in [5.41, 5.74) is 2.86. The number of benzene rings is 3. The third kappa shape index (κ3) is 4.04. The van der Waals surface area contributed by atoms with Gasteiger partial charge in [0.25, 0.3) is 5.91 Å². The van der Waals surface area contributed by atoms with Crippen LogP contribution in [0.15, 0.2) is 92.4 Å². The van der Waals surface area contributed by atoms with Crippen molar-refractivity contribution in [2.45, 2.75) is 0 Å². The van der Waals surface area contributed by atoms with E-state index in [9.17, 15) is 4.79 Å². The number of halogens is 2. The Bertz CT molecular complexity index is 1120. The molecule has 4 nitrogen and oxygen atoms in total. The van der Waals surface area contributed by atoms with E-state index in [1.807, 2.05) is 72.8 Å². The average molecular weight is 512 g/mol. The van der Waals surface area contributed by atoms with Crippen LogP contribution in [0.2, 0.25) is 0 Å². The van der Waals surface area contributed by atoms with E-state index in [2.05, 4.69) is 31.9 Å². The van der Waals surface area contributed by atoms with Gasteiger partial charge in [-0.05, 0) is 54.1 Å². The van der Waals surface area contributed by atoms with E-state index in [1.54, 1.807) is 18.1 Å². The number of aliphatic imine (C=N–C) groups is 1. The van der Waals surface area contributed by atoms with Gasteiger partial charge in [0.05, 0.1) is 12.8 Å². The van der Waals surface area contributed by atoms with Crippen LogP contribution < -0.4 is 9.64 Å². The first-order valence-electron chi connectivity index (χ1n) is 8.86. The smallest absolute Gasteiger partial charge is 0.282 e. The number of nitrogens with zero attached hydrogens (tertiary/aromatic N) is 2. The molecule has 1 heterocycles. The van der Waals surface area contributed by atoms with Gasteiger partial charge in [-0.25, -0.2) is 4.99 Å². The van der Waals surface area contributed by atoms with Crippen molar-refractivity contribution in [2.24, 2.45) is 4.99 Å². The first-order valence-corrected chi connectivity index (χ1v) is 10.4. The van der Waals surface area contributed by atoms with Crippen LogP contribution >= 0.6 is 31.9 Å². The summed E-state index contributed by atoms with van der Waals surface area (Å²) in [5.74, 6) is 1.13. The Hall–Kier alpha value is -2.70. The number of hydrogen-bond donors (Lipinski definition) is 0. The van der Waals surface area contributed by atoms with Gasteiger partial charge in [0.1, 0.15) is 17.3 Å². The van der Waals surface area contributed by atoms with Crippen LogP contribution in [-0.2, 0) is 4.79 Å². The van der Waals surface area contributed by atoms with Gasteiger partial charge in [-0.1, -0.05) is 62.2 Å². The van der Waals surface area contributed by atoms with Crippen molar-refractivity contribution in [1.82, 2.24) is 0 Å². The van der Waals surface area contributed by atoms with E-state index in [4.69, 9.17) is 9.73 Å². The van der Waals surface area contributed by atoms with Gasteiger partial charge in [-0.2, -0.15) is 0 Å². The molecule has 1 aliphatic heterocycles. The molecule has 1 aliphatic rings. The van der Waals surface area contributed by atoms with Gasteiger partial charge in [-0.3, -0.25) is 9.69 Å². The van der Waals surface area contributed by atoms with E-state index in [0.717, 1.165) is 31.5 Å². The van der Waals surface area contributed by atoms with Gasteiger partial charge in [0.15, 0.2) is 0 Å².